The Morgan fingerprint density at radius 3 is 2.55 bits per heavy atom. The van der Waals surface area contributed by atoms with E-state index in [1.165, 1.54) is 57.8 Å². The first-order valence-electron chi connectivity index (χ1n) is 8.82. The zero-order valence-electron chi connectivity index (χ0n) is 12.9. The summed E-state index contributed by atoms with van der Waals surface area (Å²) >= 11 is 0. The molecule has 2 N–H and O–H groups in total. The van der Waals surface area contributed by atoms with E-state index in [1.54, 1.807) is 0 Å². The van der Waals surface area contributed by atoms with Crippen molar-refractivity contribution < 1.29 is 4.79 Å². The lowest BCUT2D eigenvalue weighted by Crippen LogP contribution is -2.47. The van der Waals surface area contributed by atoms with E-state index in [1.807, 2.05) is 0 Å². The van der Waals surface area contributed by atoms with Gasteiger partial charge in [-0.15, -0.1) is 0 Å². The van der Waals surface area contributed by atoms with Gasteiger partial charge < -0.3 is 10.6 Å². The molecule has 3 fully saturated rings. The second kappa shape index (κ2) is 6.46. The number of carbonyl (C=O) groups is 1. The van der Waals surface area contributed by atoms with Gasteiger partial charge in [0.15, 0.2) is 0 Å². The van der Waals surface area contributed by atoms with Crippen molar-refractivity contribution in [1.82, 2.24) is 10.6 Å². The molecule has 1 aliphatic heterocycles. The van der Waals surface area contributed by atoms with E-state index in [9.17, 15) is 4.79 Å². The quantitative estimate of drug-likeness (QED) is 0.833. The standard InChI is InChI=1S/C17H30N2O/c1-2-12-7-9-14(10-8-12)18-17(20)16-11-13-5-3-4-6-15(13)19-16/h12-16,19H,2-11H2,1H3,(H,18,20). The molecule has 1 amide bonds. The Hall–Kier alpha value is -0.570. The first-order chi connectivity index (χ1) is 9.76. The third-order valence-corrected chi connectivity index (χ3v) is 5.95. The Bertz CT molecular complexity index is 322. The van der Waals surface area contributed by atoms with Crippen LogP contribution in [0.15, 0.2) is 0 Å². The first-order valence-corrected chi connectivity index (χ1v) is 8.82. The lowest BCUT2D eigenvalue weighted by molar-refractivity contribution is -0.123. The van der Waals surface area contributed by atoms with Crippen molar-refractivity contribution in [2.24, 2.45) is 11.8 Å². The second-order valence-corrected chi connectivity index (χ2v) is 7.24. The molecular formula is C17H30N2O. The predicted octanol–water partition coefficient (Wildman–Crippen LogP) is 2.99. The Morgan fingerprint density at radius 2 is 1.85 bits per heavy atom. The van der Waals surface area contributed by atoms with E-state index in [4.69, 9.17) is 0 Å². The van der Waals surface area contributed by atoms with Gasteiger partial charge in [0, 0.05) is 12.1 Å². The minimum atomic E-state index is 0.0898. The Kier molecular flexibility index (Phi) is 4.65. The van der Waals surface area contributed by atoms with Crippen LogP contribution in [0.5, 0.6) is 0 Å². The van der Waals surface area contributed by atoms with Crippen LogP contribution in [0.25, 0.3) is 0 Å². The van der Waals surface area contributed by atoms with E-state index >= 15 is 0 Å². The number of fused-ring (bicyclic) bond motifs is 1. The van der Waals surface area contributed by atoms with Gasteiger partial charge in [0.25, 0.3) is 0 Å². The maximum absolute atomic E-state index is 12.4. The third-order valence-electron chi connectivity index (χ3n) is 5.95. The van der Waals surface area contributed by atoms with Crippen LogP contribution in [0.1, 0.15) is 71.1 Å². The molecule has 0 radical (unpaired) electrons. The molecule has 0 aromatic carbocycles. The van der Waals surface area contributed by atoms with E-state index in [-0.39, 0.29) is 11.9 Å². The highest BCUT2D eigenvalue weighted by molar-refractivity contribution is 5.82. The van der Waals surface area contributed by atoms with Crippen LogP contribution in [-0.4, -0.2) is 24.0 Å². The summed E-state index contributed by atoms with van der Waals surface area (Å²) in [6, 6.07) is 1.15. The van der Waals surface area contributed by atoms with Gasteiger partial charge in [-0.05, 0) is 56.8 Å². The molecule has 3 heteroatoms. The highest BCUT2D eigenvalue weighted by Crippen LogP contribution is 2.33. The molecule has 0 bridgehead atoms. The highest BCUT2D eigenvalue weighted by Gasteiger charge is 2.38. The van der Waals surface area contributed by atoms with Crippen molar-refractivity contribution in [3.8, 4) is 0 Å². The molecule has 0 aromatic rings. The molecule has 114 valence electrons. The van der Waals surface area contributed by atoms with E-state index in [2.05, 4.69) is 17.6 Å². The largest absolute Gasteiger partial charge is 0.352 e. The molecule has 3 nitrogen and oxygen atoms in total. The Labute approximate surface area is 123 Å². The lowest BCUT2D eigenvalue weighted by atomic mass is 9.84. The normalized spacial score (nSPS) is 41.1. The van der Waals surface area contributed by atoms with E-state index in [0.29, 0.717) is 12.1 Å². The van der Waals surface area contributed by atoms with Crippen LogP contribution in [0, 0.1) is 11.8 Å². The molecule has 3 unspecified atom stereocenters. The fraction of sp³-hybridized carbons (Fsp3) is 0.941. The van der Waals surface area contributed by atoms with Crippen molar-refractivity contribution >= 4 is 5.91 Å². The summed E-state index contributed by atoms with van der Waals surface area (Å²) in [4.78, 5) is 12.4. The number of carbonyl (C=O) groups excluding carboxylic acids is 1. The summed E-state index contributed by atoms with van der Waals surface area (Å²) in [5.41, 5.74) is 0. The van der Waals surface area contributed by atoms with Crippen molar-refractivity contribution in [3.05, 3.63) is 0 Å². The molecule has 0 aromatic heterocycles. The van der Waals surface area contributed by atoms with Gasteiger partial charge >= 0.3 is 0 Å². The summed E-state index contributed by atoms with van der Waals surface area (Å²) in [6.07, 6.45) is 12.6. The Balaban J connectivity index is 1.45. The fourth-order valence-electron chi connectivity index (χ4n) is 4.54. The second-order valence-electron chi connectivity index (χ2n) is 7.24. The average Bonchev–Trinajstić information content (AvgIpc) is 2.92. The zero-order chi connectivity index (χ0) is 13.9. The Morgan fingerprint density at radius 1 is 1.10 bits per heavy atom. The van der Waals surface area contributed by atoms with Crippen LogP contribution < -0.4 is 10.6 Å². The van der Waals surface area contributed by atoms with Crippen LogP contribution in [0.3, 0.4) is 0 Å². The van der Waals surface area contributed by atoms with Gasteiger partial charge in [0.05, 0.1) is 6.04 Å². The SMILES string of the molecule is CCC1CCC(NC(=O)C2CC3CCCCC3N2)CC1. The molecule has 20 heavy (non-hydrogen) atoms. The summed E-state index contributed by atoms with van der Waals surface area (Å²) in [5.74, 6) is 1.94. The van der Waals surface area contributed by atoms with Crippen molar-refractivity contribution in [2.45, 2.75) is 89.3 Å². The van der Waals surface area contributed by atoms with Crippen molar-refractivity contribution in [3.63, 3.8) is 0 Å². The molecular weight excluding hydrogens is 248 g/mol. The molecule has 2 saturated carbocycles. The van der Waals surface area contributed by atoms with Gasteiger partial charge in [0.2, 0.25) is 5.91 Å². The lowest BCUT2D eigenvalue weighted by Gasteiger charge is -2.29. The van der Waals surface area contributed by atoms with Gasteiger partial charge in [-0.25, -0.2) is 0 Å². The zero-order valence-corrected chi connectivity index (χ0v) is 12.9. The minimum Gasteiger partial charge on any atom is -0.352 e. The molecule has 3 aliphatic rings. The number of amides is 1. The number of nitrogens with one attached hydrogen (secondary N) is 2. The number of hydrogen-bond donors (Lipinski definition) is 2. The topological polar surface area (TPSA) is 41.1 Å². The molecule has 1 heterocycles. The number of hydrogen-bond acceptors (Lipinski definition) is 2. The molecule has 1 saturated heterocycles. The summed E-state index contributed by atoms with van der Waals surface area (Å²) in [6.45, 7) is 2.29. The van der Waals surface area contributed by atoms with Gasteiger partial charge in [-0.3, -0.25) is 4.79 Å². The molecule has 3 rings (SSSR count). The average molecular weight is 278 g/mol. The van der Waals surface area contributed by atoms with Crippen LogP contribution in [0.2, 0.25) is 0 Å². The minimum absolute atomic E-state index is 0.0898. The van der Waals surface area contributed by atoms with Crippen molar-refractivity contribution in [2.75, 3.05) is 0 Å². The van der Waals surface area contributed by atoms with Crippen LogP contribution in [-0.2, 0) is 4.79 Å². The fourth-order valence-corrected chi connectivity index (χ4v) is 4.54. The molecule has 0 spiro atoms. The highest BCUT2D eigenvalue weighted by atomic mass is 16.2. The maximum Gasteiger partial charge on any atom is 0.237 e. The monoisotopic (exact) mass is 278 g/mol. The number of rotatable bonds is 3. The third kappa shape index (κ3) is 3.19. The van der Waals surface area contributed by atoms with Gasteiger partial charge in [-0.2, -0.15) is 0 Å². The summed E-state index contributed by atoms with van der Waals surface area (Å²) in [7, 11) is 0. The van der Waals surface area contributed by atoms with Gasteiger partial charge in [0.1, 0.15) is 0 Å². The maximum atomic E-state index is 12.4. The van der Waals surface area contributed by atoms with Crippen molar-refractivity contribution in [1.29, 1.82) is 0 Å². The smallest absolute Gasteiger partial charge is 0.237 e. The van der Waals surface area contributed by atoms with E-state index in [0.717, 1.165) is 18.3 Å². The van der Waals surface area contributed by atoms with Gasteiger partial charge in [-0.1, -0.05) is 26.2 Å². The summed E-state index contributed by atoms with van der Waals surface area (Å²) < 4.78 is 0. The molecule has 3 atom stereocenters. The van der Waals surface area contributed by atoms with Crippen LogP contribution >= 0.6 is 0 Å². The van der Waals surface area contributed by atoms with Crippen LogP contribution in [0.4, 0.5) is 0 Å². The first kappa shape index (κ1) is 14.4. The summed E-state index contributed by atoms with van der Waals surface area (Å²) in [5, 5.41) is 6.90. The predicted molar refractivity (Wildman–Crippen MR) is 81.5 cm³/mol. The van der Waals surface area contributed by atoms with E-state index < -0.39 is 0 Å². The molecule has 2 aliphatic carbocycles.